The van der Waals surface area contributed by atoms with Crippen molar-refractivity contribution in [1.29, 1.82) is 0 Å². The summed E-state index contributed by atoms with van der Waals surface area (Å²) in [4.78, 5) is 15.7. The summed E-state index contributed by atoms with van der Waals surface area (Å²) in [7, 11) is 0. The molecule has 0 saturated carbocycles. The van der Waals surface area contributed by atoms with Crippen molar-refractivity contribution in [2.24, 2.45) is 5.10 Å². The second-order valence-electron chi connectivity index (χ2n) is 3.58. The number of carbonyl (C=O) groups excluding carboxylic acids is 1. The number of carbonyl (C=O) groups is 1. The zero-order valence-corrected chi connectivity index (χ0v) is 11.2. The number of halogens is 2. The van der Waals surface area contributed by atoms with Crippen molar-refractivity contribution >= 4 is 35.3 Å². The topological polar surface area (TPSA) is 54.4 Å². The van der Waals surface area contributed by atoms with Crippen LogP contribution in [0.2, 0.25) is 10.0 Å². The molecule has 0 saturated heterocycles. The highest BCUT2D eigenvalue weighted by Crippen LogP contribution is 2.25. The van der Waals surface area contributed by atoms with E-state index in [-0.39, 0.29) is 10.6 Å². The second-order valence-corrected chi connectivity index (χ2v) is 4.37. The Morgan fingerprint density at radius 1 is 1.21 bits per heavy atom. The first-order valence-corrected chi connectivity index (χ1v) is 6.11. The minimum atomic E-state index is -0.419. The van der Waals surface area contributed by atoms with E-state index in [1.165, 1.54) is 6.21 Å². The maximum Gasteiger partial charge on any atom is 0.272 e. The van der Waals surface area contributed by atoms with Crippen LogP contribution in [0.15, 0.2) is 47.8 Å². The molecule has 0 bridgehead atoms. The number of aromatic nitrogens is 1. The monoisotopic (exact) mass is 293 g/mol. The Morgan fingerprint density at radius 3 is 2.68 bits per heavy atom. The Morgan fingerprint density at radius 2 is 1.95 bits per heavy atom. The van der Waals surface area contributed by atoms with Crippen molar-refractivity contribution in [2.45, 2.75) is 0 Å². The number of rotatable bonds is 3. The van der Waals surface area contributed by atoms with Gasteiger partial charge in [0, 0.05) is 12.4 Å². The van der Waals surface area contributed by atoms with Crippen molar-refractivity contribution in [3.8, 4) is 0 Å². The zero-order chi connectivity index (χ0) is 13.7. The molecule has 19 heavy (non-hydrogen) atoms. The van der Waals surface area contributed by atoms with E-state index < -0.39 is 5.91 Å². The molecule has 1 amide bonds. The minimum Gasteiger partial charge on any atom is -0.267 e. The number of nitrogens with zero attached hydrogens (tertiary/aromatic N) is 2. The molecule has 1 heterocycles. The number of benzene rings is 1. The Hall–Kier alpha value is -1.91. The lowest BCUT2D eigenvalue weighted by Gasteiger charge is -2.03. The highest BCUT2D eigenvalue weighted by atomic mass is 35.5. The molecular weight excluding hydrogens is 285 g/mol. The van der Waals surface area contributed by atoms with E-state index >= 15 is 0 Å². The van der Waals surface area contributed by atoms with Crippen LogP contribution in [0.4, 0.5) is 0 Å². The molecule has 0 unspecified atom stereocenters. The van der Waals surface area contributed by atoms with E-state index in [0.717, 1.165) is 5.56 Å². The van der Waals surface area contributed by atoms with Crippen molar-refractivity contribution in [1.82, 2.24) is 10.4 Å². The third-order valence-electron chi connectivity index (χ3n) is 2.28. The van der Waals surface area contributed by atoms with Crippen LogP contribution in [0, 0.1) is 0 Å². The molecule has 0 spiro atoms. The Kier molecular flexibility index (Phi) is 4.49. The summed E-state index contributed by atoms with van der Waals surface area (Å²) in [5, 5.41) is 4.37. The Labute approximate surface area is 120 Å². The Bertz CT molecular complexity index is 615. The largest absolute Gasteiger partial charge is 0.272 e. The predicted molar refractivity (Wildman–Crippen MR) is 75.8 cm³/mol. The lowest BCUT2D eigenvalue weighted by Crippen LogP contribution is -2.18. The van der Waals surface area contributed by atoms with E-state index in [0.29, 0.717) is 5.02 Å². The lowest BCUT2D eigenvalue weighted by molar-refractivity contribution is 0.0955. The molecule has 96 valence electrons. The number of hydrazone groups is 1. The lowest BCUT2D eigenvalue weighted by atomic mass is 10.2. The van der Waals surface area contributed by atoms with Crippen molar-refractivity contribution in [3.63, 3.8) is 0 Å². The SMILES string of the molecule is O=C(NN=Cc1ccncc1)c1cccc(Cl)c1Cl. The summed E-state index contributed by atoms with van der Waals surface area (Å²) in [6.45, 7) is 0. The second kappa shape index (κ2) is 6.31. The van der Waals surface area contributed by atoms with E-state index in [4.69, 9.17) is 23.2 Å². The number of amides is 1. The molecule has 0 atom stereocenters. The number of hydrogen-bond acceptors (Lipinski definition) is 3. The number of pyridine rings is 1. The molecule has 1 N–H and O–H groups in total. The van der Waals surface area contributed by atoms with Crippen LogP contribution < -0.4 is 5.43 Å². The van der Waals surface area contributed by atoms with Gasteiger partial charge >= 0.3 is 0 Å². The van der Waals surface area contributed by atoms with Crippen LogP contribution in [-0.2, 0) is 0 Å². The number of nitrogens with one attached hydrogen (secondary N) is 1. The molecule has 0 aliphatic rings. The molecule has 4 nitrogen and oxygen atoms in total. The number of hydrogen-bond donors (Lipinski definition) is 1. The fraction of sp³-hybridized carbons (Fsp3) is 0. The van der Waals surface area contributed by atoms with Gasteiger partial charge in [-0.15, -0.1) is 0 Å². The molecule has 0 aliphatic carbocycles. The summed E-state index contributed by atoms with van der Waals surface area (Å²) < 4.78 is 0. The van der Waals surface area contributed by atoms with E-state index in [2.05, 4.69) is 15.5 Å². The van der Waals surface area contributed by atoms with Gasteiger partial charge in [-0.05, 0) is 29.8 Å². The predicted octanol–water partition coefficient (Wildman–Crippen LogP) is 3.15. The molecule has 0 fully saturated rings. The summed E-state index contributed by atoms with van der Waals surface area (Å²) >= 11 is 11.8. The van der Waals surface area contributed by atoms with Crippen LogP contribution >= 0.6 is 23.2 Å². The van der Waals surface area contributed by atoms with Crippen molar-refractivity contribution in [2.75, 3.05) is 0 Å². The van der Waals surface area contributed by atoms with Gasteiger partial charge < -0.3 is 0 Å². The van der Waals surface area contributed by atoms with Crippen LogP contribution in [0.3, 0.4) is 0 Å². The van der Waals surface area contributed by atoms with Gasteiger partial charge in [0.1, 0.15) is 0 Å². The molecule has 0 aliphatic heterocycles. The Balaban J connectivity index is 2.06. The highest BCUT2D eigenvalue weighted by Gasteiger charge is 2.11. The third-order valence-corrected chi connectivity index (χ3v) is 3.10. The van der Waals surface area contributed by atoms with Crippen LogP contribution in [0.1, 0.15) is 15.9 Å². The van der Waals surface area contributed by atoms with E-state index in [1.54, 1.807) is 42.7 Å². The summed E-state index contributed by atoms with van der Waals surface area (Å²) in [5.74, 6) is -0.419. The van der Waals surface area contributed by atoms with E-state index in [1.807, 2.05) is 0 Å². The summed E-state index contributed by atoms with van der Waals surface area (Å²) in [6, 6.07) is 8.37. The summed E-state index contributed by atoms with van der Waals surface area (Å²) in [5.41, 5.74) is 3.49. The quantitative estimate of drug-likeness (QED) is 0.698. The van der Waals surface area contributed by atoms with Crippen molar-refractivity contribution < 1.29 is 4.79 Å². The first-order chi connectivity index (χ1) is 9.18. The van der Waals surface area contributed by atoms with E-state index in [9.17, 15) is 4.79 Å². The van der Waals surface area contributed by atoms with Crippen LogP contribution in [0.5, 0.6) is 0 Å². The fourth-order valence-electron chi connectivity index (χ4n) is 1.35. The van der Waals surface area contributed by atoms with Gasteiger partial charge in [-0.25, -0.2) is 5.43 Å². The molecular formula is C13H9Cl2N3O. The minimum absolute atomic E-state index is 0.209. The van der Waals surface area contributed by atoms with Crippen molar-refractivity contribution in [3.05, 3.63) is 63.9 Å². The smallest absolute Gasteiger partial charge is 0.267 e. The third kappa shape index (κ3) is 3.53. The molecule has 2 aromatic rings. The van der Waals surface area contributed by atoms with Gasteiger partial charge in [0.15, 0.2) is 0 Å². The van der Waals surface area contributed by atoms with Gasteiger partial charge in [-0.2, -0.15) is 5.10 Å². The van der Waals surface area contributed by atoms with Crippen LogP contribution in [-0.4, -0.2) is 17.1 Å². The molecule has 2 rings (SSSR count). The average molecular weight is 294 g/mol. The first kappa shape index (κ1) is 13.5. The van der Waals surface area contributed by atoms with Gasteiger partial charge in [0.25, 0.3) is 5.91 Å². The average Bonchev–Trinajstić information content (AvgIpc) is 2.43. The maximum absolute atomic E-state index is 11.8. The standard InChI is InChI=1S/C13H9Cl2N3O/c14-11-3-1-2-10(12(11)15)13(19)18-17-8-9-4-6-16-7-5-9/h1-8H,(H,18,19). The molecule has 6 heteroatoms. The van der Waals surface area contributed by atoms with Gasteiger partial charge in [0.05, 0.1) is 21.8 Å². The molecule has 1 aromatic heterocycles. The first-order valence-electron chi connectivity index (χ1n) is 5.36. The highest BCUT2D eigenvalue weighted by molar-refractivity contribution is 6.43. The van der Waals surface area contributed by atoms with Gasteiger partial charge in [-0.1, -0.05) is 29.3 Å². The van der Waals surface area contributed by atoms with Gasteiger partial charge in [0.2, 0.25) is 0 Å². The van der Waals surface area contributed by atoms with Gasteiger partial charge in [-0.3, -0.25) is 9.78 Å². The fourth-order valence-corrected chi connectivity index (χ4v) is 1.74. The molecule has 1 aromatic carbocycles. The zero-order valence-electron chi connectivity index (χ0n) is 9.68. The molecule has 0 radical (unpaired) electrons. The van der Waals surface area contributed by atoms with Crippen LogP contribution in [0.25, 0.3) is 0 Å². The maximum atomic E-state index is 11.8. The summed E-state index contributed by atoms with van der Waals surface area (Å²) in [6.07, 6.45) is 4.78. The normalized spacial score (nSPS) is 10.6.